The van der Waals surface area contributed by atoms with Gasteiger partial charge in [-0.1, -0.05) is 18.2 Å². The van der Waals surface area contributed by atoms with Crippen molar-refractivity contribution in [1.82, 2.24) is 4.57 Å². The third-order valence-corrected chi connectivity index (χ3v) is 4.28. The molecule has 1 amide bonds. The van der Waals surface area contributed by atoms with E-state index in [1.807, 2.05) is 46.9 Å². The molecule has 3 nitrogen and oxygen atoms in total. The van der Waals surface area contributed by atoms with E-state index in [9.17, 15) is 4.79 Å². The second kappa shape index (κ2) is 5.09. The smallest absolute Gasteiger partial charge is 0.275 e. The van der Waals surface area contributed by atoms with Gasteiger partial charge in [-0.05, 0) is 53.9 Å². The van der Waals surface area contributed by atoms with E-state index in [4.69, 9.17) is 0 Å². The van der Waals surface area contributed by atoms with Crippen LogP contribution in [-0.4, -0.2) is 16.5 Å². The Morgan fingerprint density at radius 3 is 2.90 bits per heavy atom. The van der Waals surface area contributed by atoms with Crippen molar-refractivity contribution < 1.29 is 4.79 Å². The predicted molar refractivity (Wildman–Crippen MR) is 84.2 cm³/mol. The van der Waals surface area contributed by atoms with Crippen LogP contribution in [-0.2, 0) is 13.0 Å². The lowest BCUT2D eigenvalue weighted by atomic mass is 10.1. The lowest BCUT2D eigenvalue weighted by molar-refractivity contribution is 0.0972. The summed E-state index contributed by atoms with van der Waals surface area (Å²) in [5, 5.41) is 0. The summed E-state index contributed by atoms with van der Waals surface area (Å²) < 4.78 is 2.93. The molecule has 0 aliphatic carbocycles. The summed E-state index contributed by atoms with van der Waals surface area (Å²) in [6, 6.07) is 10.3. The minimum atomic E-state index is 0.0787. The van der Waals surface area contributed by atoms with Crippen molar-refractivity contribution in [3.05, 3.63) is 52.3 Å². The Labute approximate surface area is 127 Å². The average molecular weight is 333 g/mol. The number of rotatable bonds is 2. The Morgan fingerprint density at radius 1 is 1.40 bits per heavy atom. The maximum atomic E-state index is 12.9. The summed E-state index contributed by atoms with van der Waals surface area (Å²) in [7, 11) is 0. The SMILES string of the molecule is CCn1cc(Br)cc1C(=O)N1c2ccccc2CC1C. The highest BCUT2D eigenvalue weighted by molar-refractivity contribution is 9.10. The van der Waals surface area contributed by atoms with E-state index in [0.29, 0.717) is 0 Å². The fourth-order valence-corrected chi connectivity index (χ4v) is 3.38. The normalized spacial score (nSPS) is 17.4. The molecule has 2 aromatic rings. The average Bonchev–Trinajstić information content (AvgIpc) is 2.97. The van der Waals surface area contributed by atoms with Crippen molar-refractivity contribution in [2.24, 2.45) is 0 Å². The molecular weight excluding hydrogens is 316 g/mol. The zero-order valence-corrected chi connectivity index (χ0v) is 13.2. The lowest BCUT2D eigenvalue weighted by Gasteiger charge is -2.23. The Hall–Kier alpha value is -1.55. The second-order valence-corrected chi connectivity index (χ2v) is 6.10. The van der Waals surface area contributed by atoms with E-state index in [-0.39, 0.29) is 11.9 Å². The predicted octanol–water partition coefficient (Wildman–Crippen LogP) is 3.86. The minimum absolute atomic E-state index is 0.0787. The molecular formula is C16H17BrN2O. The van der Waals surface area contributed by atoms with Crippen molar-refractivity contribution in [1.29, 1.82) is 0 Å². The molecule has 1 aromatic carbocycles. The van der Waals surface area contributed by atoms with Crippen LogP contribution in [0.25, 0.3) is 0 Å². The van der Waals surface area contributed by atoms with Crippen LogP contribution in [0.2, 0.25) is 0 Å². The molecule has 0 fully saturated rings. The fraction of sp³-hybridized carbons (Fsp3) is 0.312. The van der Waals surface area contributed by atoms with Crippen molar-refractivity contribution in [3.8, 4) is 0 Å². The molecule has 1 unspecified atom stereocenters. The molecule has 20 heavy (non-hydrogen) atoms. The topological polar surface area (TPSA) is 25.2 Å². The van der Waals surface area contributed by atoms with E-state index in [1.54, 1.807) is 0 Å². The zero-order chi connectivity index (χ0) is 14.3. The first-order valence-corrected chi connectivity index (χ1v) is 7.68. The summed E-state index contributed by atoms with van der Waals surface area (Å²) in [4.78, 5) is 14.8. The Bertz CT molecular complexity index is 662. The highest BCUT2D eigenvalue weighted by Gasteiger charge is 2.32. The van der Waals surface area contributed by atoms with E-state index in [0.717, 1.165) is 28.8 Å². The number of hydrogen-bond acceptors (Lipinski definition) is 1. The summed E-state index contributed by atoms with van der Waals surface area (Å²) in [5.74, 6) is 0.0787. The number of halogens is 1. The Balaban J connectivity index is 2.02. The van der Waals surface area contributed by atoms with Crippen molar-refractivity contribution >= 4 is 27.5 Å². The maximum Gasteiger partial charge on any atom is 0.275 e. The van der Waals surface area contributed by atoms with Gasteiger partial charge in [-0.3, -0.25) is 4.79 Å². The van der Waals surface area contributed by atoms with Gasteiger partial charge in [0, 0.05) is 28.9 Å². The molecule has 2 heterocycles. The molecule has 4 heteroatoms. The number of aromatic nitrogens is 1. The molecule has 0 bridgehead atoms. The number of para-hydroxylation sites is 1. The fourth-order valence-electron chi connectivity index (χ4n) is 2.91. The zero-order valence-electron chi connectivity index (χ0n) is 11.6. The van der Waals surface area contributed by atoms with E-state index >= 15 is 0 Å². The van der Waals surface area contributed by atoms with Gasteiger partial charge in [-0.2, -0.15) is 0 Å². The summed E-state index contributed by atoms with van der Waals surface area (Å²) >= 11 is 3.46. The molecule has 0 N–H and O–H groups in total. The molecule has 104 valence electrons. The molecule has 1 aliphatic heterocycles. The third-order valence-electron chi connectivity index (χ3n) is 3.85. The number of carbonyl (C=O) groups excluding carboxylic acids is 1. The first-order chi connectivity index (χ1) is 9.61. The van der Waals surface area contributed by atoms with Gasteiger partial charge in [-0.15, -0.1) is 0 Å². The summed E-state index contributed by atoms with van der Waals surface area (Å²) in [6.07, 6.45) is 2.88. The van der Waals surface area contributed by atoms with Crippen molar-refractivity contribution in [2.75, 3.05) is 4.90 Å². The number of amides is 1. The number of nitrogens with zero attached hydrogens (tertiary/aromatic N) is 2. The van der Waals surface area contributed by atoms with Crippen LogP contribution in [0.1, 0.15) is 29.9 Å². The van der Waals surface area contributed by atoms with E-state index in [1.165, 1.54) is 5.56 Å². The van der Waals surface area contributed by atoms with Crippen LogP contribution in [0.15, 0.2) is 41.0 Å². The number of hydrogen-bond donors (Lipinski definition) is 0. The van der Waals surface area contributed by atoms with Gasteiger partial charge in [0.25, 0.3) is 5.91 Å². The Kier molecular flexibility index (Phi) is 3.42. The van der Waals surface area contributed by atoms with Crippen LogP contribution in [0.5, 0.6) is 0 Å². The highest BCUT2D eigenvalue weighted by atomic mass is 79.9. The lowest BCUT2D eigenvalue weighted by Crippen LogP contribution is -2.36. The summed E-state index contributed by atoms with van der Waals surface area (Å²) in [6.45, 7) is 4.94. The summed E-state index contributed by atoms with van der Waals surface area (Å²) in [5.41, 5.74) is 3.04. The van der Waals surface area contributed by atoms with Crippen LogP contribution < -0.4 is 4.90 Å². The number of fused-ring (bicyclic) bond motifs is 1. The molecule has 0 saturated carbocycles. The number of anilines is 1. The van der Waals surface area contributed by atoms with Gasteiger partial charge < -0.3 is 9.47 Å². The van der Waals surface area contributed by atoms with Gasteiger partial charge >= 0.3 is 0 Å². The first-order valence-electron chi connectivity index (χ1n) is 6.89. The standard InChI is InChI=1S/C16H17BrN2O/c1-3-18-10-13(17)9-15(18)16(20)19-11(2)8-12-6-4-5-7-14(12)19/h4-7,9-11H,3,8H2,1-2H3. The highest BCUT2D eigenvalue weighted by Crippen LogP contribution is 2.33. The molecule has 1 atom stereocenters. The number of aryl methyl sites for hydroxylation is 1. The quantitative estimate of drug-likeness (QED) is 0.819. The molecule has 3 rings (SSSR count). The largest absolute Gasteiger partial charge is 0.343 e. The van der Waals surface area contributed by atoms with Gasteiger partial charge in [0.05, 0.1) is 0 Å². The van der Waals surface area contributed by atoms with Crippen LogP contribution >= 0.6 is 15.9 Å². The van der Waals surface area contributed by atoms with Crippen LogP contribution in [0, 0.1) is 0 Å². The molecule has 0 saturated heterocycles. The van der Waals surface area contributed by atoms with Gasteiger partial charge in [-0.25, -0.2) is 0 Å². The van der Waals surface area contributed by atoms with Gasteiger partial charge in [0.1, 0.15) is 5.69 Å². The van der Waals surface area contributed by atoms with Crippen LogP contribution in [0.3, 0.4) is 0 Å². The Morgan fingerprint density at radius 2 is 2.15 bits per heavy atom. The van der Waals surface area contributed by atoms with E-state index in [2.05, 4.69) is 28.9 Å². The molecule has 1 aliphatic rings. The van der Waals surface area contributed by atoms with Gasteiger partial charge in [0.15, 0.2) is 0 Å². The molecule has 0 radical (unpaired) electrons. The van der Waals surface area contributed by atoms with Crippen molar-refractivity contribution in [3.63, 3.8) is 0 Å². The second-order valence-electron chi connectivity index (χ2n) is 5.19. The molecule has 0 spiro atoms. The number of benzene rings is 1. The maximum absolute atomic E-state index is 12.9. The minimum Gasteiger partial charge on any atom is -0.343 e. The van der Waals surface area contributed by atoms with Crippen LogP contribution in [0.4, 0.5) is 5.69 Å². The van der Waals surface area contributed by atoms with E-state index < -0.39 is 0 Å². The van der Waals surface area contributed by atoms with Gasteiger partial charge in [0.2, 0.25) is 0 Å². The molecule has 1 aromatic heterocycles. The number of carbonyl (C=O) groups is 1. The third kappa shape index (κ3) is 2.08. The first kappa shape index (κ1) is 13.4. The monoisotopic (exact) mass is 332 g/mol. The van der Waals surface area contributed by atoms with Crippen molar-refractivity contribution in [2.45, 2.75) is 32.9 Å².